The second-order valence-electron chi connectivity index (χ2n) is 5.23. The second-order valence-corrected chi connectivity index (χ2v) is 5.23. The first kappa shape index (κ1) is 14.6. The molecule has 2 aromatic rings. The summed E-state index contributed by atoms with van der Waals surface area (Å²) >= 11 is 0. The quantitative estimate of drug-likeness (QED) is 0.844. The zero-order valence-corrected chi connectivity index (χ0v) is 12.7. The highest BCUT2D eigenvalue weighted by atomic mass is 16.7. The molecule has 118 valence electrons. The lowest BCUT2D eigenvalue weighted by molar-refractivity contribution is -0.0953. The van der Waals surface area contributed by atoms with Gasteiger partial charge in [-0.05, 0) is 19.1 Å². The largest absolute Gasteiger partial charge is 0.469 e. The van der Waals surface area contributed by atoms with Crippen molar-refractivity contribution in [2.24, 2.45) is 14.1 Å². The maximum absolute atomic E-state index is 12.5. The third-order valence-corrected chi connectivity index (χ3v) is 3.90. The van der Waals surface area contributed by atoms with Crippen LogP contribution in [0.5, 0.6) is 5.88 Å². The Bertz CT molecular complexity index is 787. The van der Waals surface area contributed by atoms with Gasteiger partial charge in [0.2, 0.25) is 12.2 Å². The second kappa shape index (κ2) is 5.49. The molecule has 2 atom stereocenters. The molecule has 2 aromatic heterocycles. The van der Waals surface area contributed by atoms with Crippen molar-refractivity contribution in [3.8, 4) is 5.88 Å². The van der Waals surface area contributed by atoms with Gasteiger partial charge in [-0.3, -0.25) is 13.9 Å². The summed E-state index contributed by atoms with van der Waals surface area (Å²) in [5.41, 5.74) is -0.371. The van der Waals surface area contributed by atoms with Crippen LogP contribution in [-0.4, -0.2) is 22.0 Å². The molecular weight excluding hydrogens is 288 g/mol. The molecule has 0 saturated carbocycles. The molecule has 3 heterocycles. The van der Waals surface area contributed by atoms with Crippen LogP contribution in [-0.2, 0) is 18.8 Å². The summed E-state index contributed by atoms with van der Waals surface area (Å²) in [5, 5.41) is 0. The van der Waals surface area contributed by atoms with Gasteiger partial charge in [-0.1, -0.05) is 0 Å². The van der Waals surface area contributed by atoms with E-state index in [1.807, 2.05) is 13.0 Å². The van der Waals surface area contributed by atoms with Gasteiger partial charge in [-0.25, -0.2) is 4.79 Å². The van der Waals surface area contributed by atoms with Crippen molar-refractivity contribution in [2.75, 3.05) is 6.61 Å². The first-order chi connectivity index (χ1) is 10.5. The molecule has 3 rings (SSSR count). The summed E-state index contributed by atoms with van der Waals surface area (Å²) in [6.45, 7) is 2.34. The zero-order chi connectivity index (χ0) is 15.9. The van der Waals surface area contributed by atoms with Crippen LogP contribution in [0.1, 0.15) is 30.6 Å². The molecule has 0 saturated heterocycles. The first-order valence-electron chi connectivity index (χ1n) is 7.16. The van der Waals surface area contributed by atoms with Gasteiger partial charge >= 0.3 is 5.69 Å². The fourth-order valence-electron chi connectivity index (χ4n) is 2.81. The third kappa shape index (κ3) is 2.18. The summed E-state index contributed by atoms with van der Waals surface area (Å²) in [6.07, 6.45) is 1.50. The van der Waals surface area contributed by atoms with E-state index < -0.39 is 12.0 Å². The monoisotopic (exact) mass is 306 g/mol. The fraction of sp³-hybridized carbons (Fsp3) is 0.467. The average Bonchev–Trinajstić information content (AvgIpc) is 3.04. The summed E-state index contributed by atoms with van der Waals surface area (Å²) in [6, 6.07) is 3.58. The highest BCUT2D eigenvalue weighted by molar-refractivity contribution is 5.36. The summed E-state index contributed by atoms with van der Waals surface area (Å²) in [7, 11) is 3.03. The van der Waals surface area contributed by atoms with Crippen molar-refractivity contribution in [1.82, 2.24) is 9.13 Å². The van der Waals surface area contributed by atoms with Crippen LogP contribution < -0.4 is 16.0 Å². The molecule has 0 fully saturated rings. The minimum atomic E-state index is -0.523. The van der Waals surface area contributed by atoms with Gasteiger partial charge in [0.25, 0.3) is 5.56 Å². The zero-order valence-electron chi connectivity index (χ0n) is 12.7. The number of rotatable bonds is 3. The molecular formula is C15H18N2O5. The molecule has 0 aromatic carbocycles. The Hall–Kier alpha value is -2.28. The number of ether oxygens (including phenoxy) is 2. The van der Waals surface area contributed by atoms with Crippen LogP contribution in [0.2, 0.25) is 0 Å². The Labute approximate surface area is 126 Å². The Balaban J connectivity index is 2.23. The molecule has 22 heavy (non-hydrogen) atoms. The maximum Gasteiger partial charge on any atom is 0.333 e. The van der Waals surface area contributed by atoms with Gasteiger partial charge < -0.3 is 13.9 Å². The summed E-state index contributed by atoms with van der Waals surface area (Å²) in [4.78, 5) is 24.6. The number of furan rings is 1. The van der Waals surface area contributed by atoms with E-state index in [9.17, 15) is 9.59 Å². The number of fused-ring (bicyclic) bond motifs is 1. The third-order valence-electron chi connectivity index (χ3n) is 3.90. The van der Waals surface area contributed by atoms with Crippen LogP contribution in [0.3, 0.4) is 0 Å². The summed E-state index contributed by atoms with van der Waals surface area (Å²) in [5.74, 6) is 0.602. The van der Waals surface area contributed by atoms with E-state index >= 15 is 0 Å². The minimum absolute atomic E-state index is 0.249. The van der Waals surface area contributed by atoms with E-state index in [4.69, 9.17) is 13.9 Å². The van der Waals surface area contributed by atoms with E-state index in [1.165, 1.54) is 11.6 Å². The molecule has 7 heteroatoms. The molecule has 0 aliphatic carbocycles. The smallest absolute Gasteiger partial charge is 0.333 e. The lowest BCUT2D eigenvalue weighted by Gasteiger charge is -2.31. The molecule has 0 amide bonds. The Morgan fingerprint density at radius 2 is 2.09 bits per heavy atom. The average molecular weight is 306 g/mol. The molecule has 0 bridgehead atoms. The van der Waals surface area contributed by atoms with E-state index in [-0.39, 0.29) is 17.4 Å². The van der Waals surface area contributed by atoms with Crippen LogP contribution in [0.4, 0.5) is 0 Å². The van der Waals surface area contributed by atoms with E-state index in [0.29, 0.717) is 24.4 Å². The highest BCUT2D eigenvalue weighted by Gasteiger charge is 2.36. The highest BCUT2D eigenvalue weighted by Crippen LogP contribution is 2.37. The van der Waals surface area contributed by atoms with Crippen molar-refractivity contribution >= 4 is 0 Å². The van der Waals surface area contributed by atoms with E-state index in [1.54, 1.807) is 19.4 Å². The SMILES string of the molecule is CCOC1CC(c2ccco2)c2c(n(C)c(=O)n(C)c2=O)O1. The van der Waals surface area contributed by atoms with Gasteiger partial charge in [0.05, 0.1) is 17.7 Å². The Kier molecular flexibility index (Phi) is 3.66. The van der Waals surface area contributed by atoms with Gasteiger partial charge in [0.15, 0.2) is 0 Å². The molecule has 2 unspecified atom stereocenters. The lowest BCUT2D eigenvalue weighted by Crippen LogP contribution is -2.44. The maximum atomic E-state index is 12.5. The van der Waals surface area contributed by atoms with E-state index in [0.717, 1.165) is 4.57 Å². The van der Waals surface area contributed by atoms with Crippen molar-refractivity contribution < 1.29 is 13.9 Å². The van der Waals surface area contributed by atoms with Crippen LogP contribution in [0, 0.1) is 0 Å². The number of nitrogens with zero attached hydrogens (tertiary/aromatic N) is 2. The van der Waals surface area contributed by atoms with Gasteiger partial charge in [0, 0.05) is 27.1 Å². The molecule has 1 aliphatic rings. The number of hydrogen-bond acceptors (Lipinski definition) is 5. The summed E-state index contributed by atoms with van der Waals surface area (Å²) < 4.78 is 19.2. The molecule has 0 N–H and O–H groups in total. The Morgan fingerprint density at radius 3 is 2.73 bits per heavy atom. The Morgan fingerprint density at radius 1 is 1.32 bits per heavy atom. The number of aromatic nitrogens is 2. The topological polar surface area (TPSA) is 75.6 Å². The van der Waals surface area contributed by atoms with Gasteiger partial charge in [-0.2, -0.15) is 0 Å². The van der Waals surface area contributed by atoms with Crippen LogP contribution >= 0.6 is 0 Å². The molecule has 0 spiro atoms. The van der Waals surface area contributed by atoms with Crippen LogP contribution in [0.15, 0.2) is 32.4 Å². The molecule has 7 nitrogen and oxygen atoms in total. The number of hydrogen-bond donors (Lipinski definition) is 0. The van der Waals surface area contributed by atoms with Crippen molar-refractivity contribution in [2.45, 2.75) is 25.6 Å². The predicted octanol–water partition coefficient (Wildman–Crippen LogP) is 0.954. The standard InChI is InChI=1S/C15H18N2O5/c1-4-20-11-8-9(10-6-5-7-21-10)12-13(18)16(2)15(19)17(3)14(12)22-11/h5-7,9,11H,4,8H2,1-3H3. The van der Waals surface area contributed by atoms with Crippen molar-refractivity contribution in [1.29, 1.82) is 0 Å². The molecule has 1 aliphatic heterocycles. The van der Waals surface area contributed by atoms with Gasteiger partial charge in [-0.15, -0.1) is 0 Å². The first-order valence-corrected chi connectivity index (χ1v) is 7.16. The minimum Gasteiger partial charge on any atom is -0.469 e. The fourth-order valence-corrected chi connectivity index (χ4v) is 2.81. The molecule has 0 radical (unpaired) electrons. The van der Waals surface area contributed by atoms with Gasteiger partial charge in [0.1, 0.15) is 5.76 Å². The normalized spacial score (nSPS) is 20.5. The predicted molar refractivity (Wildman–Crippen MR) is 78.1 cm³/mol. The van der Waals surface area contributed by atoms with E-state index in [2.05, 4.69) is 0 Å². The van der Waals surface area contributed by atoms with Crippen molar-refractivity contribution in [3.05, 3.63) is 50.6 Å². The van der Waals surface area contributed by atoms with Crippen LogP contribution in [0.25, 0.3) is 0 Å². The lowest BCUT2D eigenvalue weighted by atomic mass is 9.92. The van der Waals surface area contributed by atoms with Crippen molar-refractivity contribution in [3.63, 3.8) is 0 Å².